The van der Waals surface area contributed by atoms with Crippen LogP contribution in [-0.2, 0) is 9.53 Å². The number of thiophene rings is 1. The Bertz CT molecular complexity index is 489. The molecule has 1 rings (SSSR count). The minimum atomic E-state index is -1.07. The number of halogens is 2. The summed E-state index contributed by atoms with van der Waals surface area (Å²) < 4.78 is 5.45. The van der Waals surface area contributed by atoms with E-state index in [9.17, 15) is 9.59 Å². The second-order valence-corrected chi connectivity index (χ2v) is 6.55. The van der Waals surface area contributed by atoms with Gasteiger partial charge in [0.25, 0.3) is 5.91 Å². The molecule has 0 aliphatic heterocycles. The summed E-state index contributed by atoms with van der Waals surface area (Å²) in [6.45, 7) is 3.55. The number of ether oxygens (including phenoxy) is 1. The summed E-state index contributed by atoms with van der Waals surface area (Å²) in [5, 5.41) is 2.67. The molecule has 1 amide bonds. The summed E-state index contributed by atoms with van der Waals surface area (Å²) >= 11 is 12.8. The molecule has 1 atom stereocenters. The van der Waals surface area contributed by atoms with E-state index >= 15 is 0 Å². The zero-order valence-corrected chi connectivity index (χ0v) is 13.2. The fourth-order valence-corrected chi connectivity index (χ4v) is 3.21. The first kappa shape index (κ1) is 16.3. The van der Waals surface area contributed by atoms with Crippen molar-refractivity contribution in [3.8, 4) is 0 Å². The molecule has 0 bridgehead atoms. The first-order chi connectivity index (χ1) is 8.84. The number of nitrogens with one attached hydrogen (secondary N) is 1. The van der Waals surface area contributed by atoms with Gasteiger partial charge in [0.1, 0.15) is 9.88 Å². The van der Waals surface area contributed by atoms with Gasteiger partial charge >= 0.3 is 5.97 Å². The maximum atomic E-state index is 12.1. The Balaban J connectivity index is 2.94. The molecule has 7 heteroatoms. The van der Waals surface area contributed by atoms with Crippen molar-refractivity contribution in [3.63, 3.8) is 0 Å². The Labute approximate surface area is 126 Å². The molecule has 0 aromatic carbocycles. The molecule has 1 N–H and O–H groups in total. The Kier molecular flexibility index (Phi) is 5.64. The van der Waals surface area contributed by atoms with Crippen LogP contribution in [-0.4, -0.2) is 24.5 Å². The molecule has 1 aromatic heterocycles. The number of carbonyl (C=O) groups is 2. The van der Waals surface area contributed by atoms with Gasteiger partial charge in [-0.15, -0.1) is 11.3 Å². The lowest BCUT2D eigenvalue weighted by molar-refractivity contribution is -0.147. The van der Waals surface area contributed by atoms with Gasteiger partial charge in [0, 0.05) is 0 Å². The lowest BCUT2D eigenvalue weighted by Gasteiger charge is -2.27. The van der Waals surface area contributed by atoms with Gasteiger partial charge in [-0.2, -0.15) is 0 Å². The third kappa shape index (κ3) is 3.84. The molecule has 0 aliphatic carbocycles. The van der Waals surface area contributed by atoms with Crippen LogP contribution in [0, 0.1) is 0 Å². The normalized spacial score (nSPS) is 13.7. The molecule has 1 heterocycles. The summed E-state index contributed by atoms with van der Waals surface area (Å²) in [6.07, 6.45) is 1.20. The summed E-state index contributed by atoms with van der Waals surface area (Å²) in [7, 11) is 1.29. The molecule has 0 aliphatic rings. The van der Waals surface area contributed by atoms with Crippen LogP contribution in [0.3, 0.4) is 0 Å². The number of esters is 1. The zero-order valence-electron chi connectivity index (χ0n) is 10.9. The van der Waals surface area contributed by atoms with Crippen LogP contribution in [0.5, 0.6) is 0 Å². The minimum absolute atomic E-state index is 0.267. The highest BCUT2D eigenvalue weighted by atomic mass is 35.5. The van der Waals surface area contributed by atoms with Crippen LogP contribution in [0.4, 0.5) is 0 Å². The van der Waals surface area contributed by atoms with Crippen molar-refractivity contribution in [1.29, 1.82) is 0 Å². The topological polar surface area (TPSA) is 55.4 Å². The van der Waals surface area contributed by atoms with E-state index in [0.29, 0.717) is 15.1 Å². The van der Waals surface area contributed by atoms with Gasteiger partial charge in [-0.3, -0.25) is 4.79 Å². The highest BCUT2D eigenvalue weighted by molar-refractivity contribution is 7.20. The molecule has 4 nitrogen and oxygen atoms in total. The van der Waals surface area contributed by atoms with Crippen LogP contribution >= 0.6 is 34.5 Å². The van der Waals surface area contributed by atoms with Gasteiger partial charge in [-0.05, 0) is 19.4 Å². The van der Waals surface area contributed by atoms with E-state index in [1.54, 1.807) is 6.92 Å². The van der Waals surface area contributed by atoms with Gasteiger partial charge in [0.05, 0.1) is 17.0 Å². The van der Waals surface area contributed by atoms with Gasteiger partial charge in [0.2, 0.25) is 0 Å². The van der Waals surface area contributed by atoms with E-state index < -0.39 is 17.4 Å². The van der Waals surface area contributed by atoms with Crippen LogP contribution in [0.15, 0.2) is 6.07 Å². The van der Waals surface area contributed by atoms with Crippen molar-refractivity contribution in [1.82, 2.24) is 5.32 Å². The standard InChI is InChI=1S/C12H15Cl2NO3S/c1-4-5-12(2,11(17)18-3)15-10(16)7-6-8(13)19-9(7)14/h6H,4-5H2,1-3H3,(H,15,16). The maximum Gasteiger partial charge on any atom is 0.331 e. The predicted octanol–water partition coefficient (Wildman–Crippen LogP) is 3.52. The van der Waals surface area contributed by atoms with Crippen molar-refractivity contribution in [3.05, 3.63) is 20.3 Å². The average Bonchev–Trinajstić information content (AvgIpc) is 2.67. The summed E-state index contributed by atoms with van der Waals surface area (Å²) in [5.74, 6) is -0.922. The van der Waals surface area contributed by atoms with Crippen LogP contribution in [0.2, 0.25) is 8.67 Å². The molecular formula is C12H15Cl2NO3S. The Morgan fingerprint density at radius 1 is 1.47 bits per heavy atom. The van der Waals surface area contributed by atoms with Crippen molar-refractivity contribution in [2.24, 2.45) is 0 Å². The molecule has 1 unspecified atom stereocenters. The average molecular weight is 324 g/mol. The lowest BCUT2D eigenvalue weighted by atomic mass is 9.96. The largest absolute Gasteiger partial charge is 0.467 e. The van der Waals surface area contributed by atoms with Crippen LogP contribution < -0.4 is 5.32 Å². The molecule has 0 spiro atoms. The number of methoxy groups -OCH3 is 1. The number of carbonyl (C=O) groups excluding carboxylic acids is 2. The molecule has 0 fully saturated rings. The van der Waals surface area contributed by atoms with E-state index in [-0.39, 0.29) is 5.56 Å². The molecule has 0 saturated heterocycles. The van der Waals surface area contributed by atoms with Crippen molar-refractivity contribution in [2.75, 3.05) is 7.11 Å². The van der Waals surface area contributed by atoms with Gasteiger partial charge in [-0.1, -0.05) is 36.5 Å². The molecular weight excluding hydrogens is 309 g/mol. The minimum Gasteiger partial charge on any atom is -0.467 e. The molecule has 1 aromatic rings. The van der Waals surface area contributed by atoms with Crippen molar-refractivity contribution in [2.45, 2.75) is 32.2 Å². The van der Waals surface area contributed by atoms with Gasteiger partial charge in [-0.25, -0.2) is 4.79 Å². The Morgan fingerprint density at radius 3 is 2.53 bits per heavy atom. The monoisotopic (exact) mass is 323 g/mol. The fraction of sp³-hybridized carbons (Fsp3) is 0.500. The lowest BCUT2D eigenvalue weighted by Crippen LogP contribution is -2.52. The number of rotatable bonds is 5. The Hall–Kier alpha value is -0.780. The smallest absolute Gasteiger partial charge is 0.331 e. The third-order valence-electron chi connectivity index (χ3n) is 2.68. The van der Waals surface area contributed by atoms with Crippen LogP contribution in [0.1, 0.15) is 37.0 Å². The molecule has 0 saturated carbocycles. The SMILES string of the molecule is CCCC(C)(NC(=O)c1cc(Cl)sc1Cl)C(=O)OC. The summed E-state index contributed by atoms with van der Waals surface area (Å²) in [5.41, 5.74) is -0.805. The second kappa shape index (κ2) is 6.59. The number of hydrogen-bond acceptors (Lipinski definition) is 4. The first-order valence-electron chi connectivity index (χ1n) is 5.69. The highest BCUT2D eigenvalue weighted by Crippen LogP contribution is 2.31. The number of hydrogen-bond donors (Lipinski definition) is 1. The van der Waals surface area contributed by atoms with Gasteiger partial charge < -0.3 is 10.1 Å². The highest BCUT2D eigenvalue weighted by Gasteiger charge is 2.36. The third-order valence-corrected chi connectivity index (χ3v) is 4.16. The van der Waals surface area contributed by atoms with Crippen molar-refractivity contribution < 1.29 is 14.3 Å². The van der Waals surface area contributed by atoms with E-state index in [1.807, 2.05) is 6.92 Å². The summed E-state index contributed by atoms with van der Waals surface area (Å²) in [6, 6.07) is 1.48. The number of amides is 1. The zero-order chi connectivity index (χ0) is 14.6. The predicted molar refractivity (Wildman–Crippen MR) is 77.1 cm³/mol. The van der Waals surface area contributed by atoms with Crippen molar-refractivity contribution >= 4 is 46.4 Å². The van der Waals surface area contributed by atoms with Crippen LogP contribution in [0.25, 0.3) is 0 Å². The molecule has 19 heavy (non-hydrogen) atoms. The van der Waals surface area contributed by atoms with Gasteiger partial charge in [0.15, 0.2) is 0 Å². The fourth-order valence-electron chi connectivity index (χ4n) is 1.75. The molecule has 106 valence electrons. The molecule has 0 radical (unpaired) electrons. The first-order valence-corrected chi connectivity index (χ1v) is 7.27. The Morgan fingerprint density at radius 2 is 2.11 bits per heavy atom. The van der Waals surface area contributed by atoms with E-state index in [4.69, 9.17) is 27.9 Å². The van der Waals surface area contributed by atoms with E-state index in [2.05, 4.69) is 5.32 Å². The summed E-state index contributed by atoms with van der Waals surface area (Å²) in [4.78, 5) is 23.9. The van der Waals surface area contributed by atoms with E-state index in [1.165, 1.54) is 13.2 Å². The quantitative estimate of drug-likeness (QED) is 0.843. The second-order valence-electron chi connectivity index (χ2n) is 4.27. The van der Waals surface area contributed by atoms with E-state index in [0.717, 1.165) is 17.8 Å². The maximum absolute atomic E-state index is 12.1.